The molecule has 2 aliphatic rings. The minimum atomic E-state index is -3.57. The van der Waals surface area contributed by atoms with E-state index in [9.17, 15) is 13.2 Å². The highest BCUT2D eigenvalue weighted by atomic mass is 32.2. The number of benzene rings is 1. The van der Waals surface area contributed by atoms with Crippen molar-refractivity contribution in [3.05, 3.63) is 54.0 Å². The van der Waals surface area contributed by atoms with Crippen LogP contribution >= 0.6 is 0 Å². The van der Waals surface area contributed by atoms with E-state index < -0.39 is 10.0 Å². The molecular weight excluding hydrogens is 414 g/mol. The molecule has 2 aromatic rings. The molecule has 0 saturated carbocycles. The second kappa shape index (κ2) is 9.97. The first-order valence-corrected chi connectivity index (χ1v) is 12.7. The Labute approximate surface area is 184 Å². The maximum absolute atomic E-state index is 13.0. The van der Waals surface area contributed by atoms with Gasteiger partial charge in [-0.25, -0.2) is 8.42 Å². The highest BCUT2D eigenvalue weighted by molar-refractivity contribution is 7.89. The van der Waals surface area contributed by atoms with E-state index in [2.05, 4.69) is 10.2 Å². The van der Waals surface area contributed by atoms with Crippen molar-refractivity contribution >= 4 is 15.9 Å². The molecule has 2 saturated heterocycles. The third-order valence-electron chi connectivity index (χ3n) is 6.21. The first-order chi connectivity index (χ1) is 15.1. The first kappa shape index (κ1) is 22.0. The number of piperidine rings is 2. The van der Waals surface area contributed by atoms with Crippen LogP contribution in [-0.2, 0) is 10.0 Å². The van der Waals surface area contributed by atoms with Crippen LogP contribution in [0.15, 0.2) is 52.0 Å². The van der Waals surface area contributed by atoms with E-state index in [0.717, 1.165) is 51.0 Å². The lowest BCUT2D eigenvalue weighted by Crippen LogP contribution is -2.40. The number of nitrogens with one attached hydrogen (secondary N) is 1. The maximum Gasteiger partial charge on any atom is 0.251 e. The molecule has 7 nitrogen and oxygen atoms in total. The van der Waals surface area contributed by atoms with E-state index in [-0.39, 0.29) is 16.8 Å². The minimum absolute atomic E-state index is 0.0282. The van der Waals surface area contributed by atoms with E-state index in [4.69, 9.17) is 4.42 Å². The SMILES string of the molecule is O=C(NCC(c1ccco1)N1CCCCC1)c1cccc(S(=O)(=O)N2CCCCC2)c1. The molecule has 168 valence electrons. The van der Waals surface area contributed by atoms with Crippen LogP contribution in [0.3, 0.4) is 0 Å². The Balaban J connectivity index is 1.46. The van der Waals surface area contributed by atoms with Crippen LogP contribution < -0.4 is 5.32 Å². The fourth-order valence-electron chi connectivity index (χ4n) is 4.46. The highest BCUT2D eigenvalue weighted by Crippen LogP contribution is 2.25. The lowest BCUT2D eigenvalue weighted by atomic mass is 10.1. The number of hydrogen-bond donors (Lipinski definition) is 1. The molecule has 1 atom stereocenters. The van der Waals surface area contributed by atoms with E-state index in [1.54, 1.807) is 24.5 Å². The second-order valence-corrected chi connectivity index (χ2v) is 10.3. The van der Waals surface area contributed by atoms with Crippen molar-refractivity contribution in [3.8, 4) is 0 Å². The van der Waals surface area contributed by atoms with Crippen LogP contribution in [0, 0.1) is 0 Å². The summed E-state index contributed by atoms with van der Waals surface area (Å²) in [4.78, 5) is 15.4. The van der Waals surface area contributed by atoms with Gasteiger partial charge in [0.25, 0.3) is 5.91 Å². The molecule has 4 rings (SSSR count). The molecule has 3 heterocycles. The van der Waals surface area contributed by atoms with Crippen LogP contribution in [-0.4, -0.2) is 56.3 Å². The lowest BCUT2D eigenvalue weighted by Gasteiger charge is -2.33. The van der Waals surface area contributed by atoms with Crippen LogP contribution in [0.2, 0.25) is 0 Å². The third-order valence-corrected chi connectivity index (χ3v) is 8.10. The Morgan fingerprint density at radius 1 is 0.968 bits per heavy atom. The number of hydrogen-bond acceptors (Lipinski definition) is 5. The highest BCUT2D eigenvalue weighted by Gasteiger charge is 2.28. The maximum atomic E-state index is 13.0. The molecule has 0 aliphatic carbocycles. The van der Waals surface area contributed by atoms with Gasteiger partial charge in [-0.2, -0.15) is 4.31 Å². The number of rotatable bonds is 7. The topological polar surface area (TPSA) is 82.9 Å². The van der Waals surface area contributed by atoms with Crippen LogP contribution in [0.1, 0.15) is 60.7 Å². The minimum Gasteiger partial charge on any atom is -0.468 e. The van der Waals surface area contributed by atoms with Crippen molar-refractivity contribution in [1.82, 2.24) is 14.5 Å². The zero-order valence-corrected chi connectivity index (χ0v) is 18.6. The molecule has 31 heavy (non-hydrogen) atoms. The summed E-state index contributed by atoms with van der Waals surface area (Å²) in [6.07, 6.45) is 7.98. The summed E-state index contributed by atoms with van der Waals surface area (Å²) in [6, 6.07) is 10.1. The number of amides is 1. The Morgan fingerprint density at radius 2 is 1.68 bits per heavy atom. The lowest BCUT2D eigenvalue weighted by molar-refractivity contribution is 0.0914. The van der Waals surface area contributed by atoms with Crippen molar-refractivity contribution in [1.29, 1.82) is 0 Å². The molecule has 1 amide bonds. The standard InChI is InChI=1S/C23H31N3O4S/c27-23(24-18-21(22-11-8-16-30-22)25-12-3-1-4-13-25)19-9-7-10-20(17-19)31(28,29)26-14-5-2-6-15-26/h7-11,16-17,21H,1-6,12-15,18H2,(H,24,27). The molecule has 1 unspecified atom stereocenters. The molecule has 8 heteroatoms. The zero-order valence-electron chi connectivity index (χ0n) is 17.8. The van der Waals surface area contributed by atoms with Gasteiger partial charge in [0, 0.05) is 25.2 Å². The van der Waals surface area contributed by atoms with Crippen LogP contribution in [0.4, 0.5) is 0 Å². The largest absolute Gasteiger partial charge is 0.468 e. The summed E-state index contributed by atoms with van der Waals surface area (Å²) in [5.41, 5.74) is 0.356. The Bertz CT molecular complexity index is 962. The van der Waals surface area contributed by atoms with Crippen molar-refractivity contribution < 1.29 is 17.6 Å². The van der Waals surface area contributed by atoms with Gasteiger partial charge in [-0.3, -0.25) is 9.69 Å². The molecule has 1 aromatic carbocycles. The fourth-order valence-corrected chi connectivity index (χ4v) is 6.03. The molecule has 1 aromatic heterocycles. The molecule has 1 N–H and O–H groups in total. The average Bonchev–Trinajstić information content (AvgIpc) is 3.35. The molecular formula is C23H31N3O4S. The van der Waals surface area contributed by atoms with E-state index >= 15 is 0 Å². The summed E-state index contributed by atoms with van der Waals surface area (Å²) in [7, 11) is -3.57. The average molecular weight is 446 g/mol. The molecule has 0 radical (unpaired) electrons. The zero-order chi connectivity index (χ0) is 21.7. The van der Waals surface area contributed by atoms with E-state index in [1.807, 2.05) is 12.1 Å². The quantitative estimate of drug-likeness (QED) is 0.706. The molecule has 0 spiro atoms. The number of furan rings is 1. The van der Waals surface area contributed by atoms with Gasteiger partial charge in [0.2, 0.25) is 10.0 Å². The van der Waals surface area contributed by atoms with Crippen LogP contribution in [0.25, 0.3) is 0 Å². The summed E-state index contributed by atoms with van der Waals surface area (Å²) in [5.74, 6) is 0.563. The van der Waals surface area contributed by atoms with Gasteiger partial charge in [-0.15, -0.1) is 0 Å². The fraction of sp³-hybridized carbons (Fsp3) is 0.522. The van der Waals surface area contributed by atoms with Crippen molar-refractivity contribution in [3.63, 3.8) is 0 Å². The van der Waals surface area contributed by atoms with Crippen molar-refractivity contribution in [2.45, 2.75) is 49.5 Å². The van der Waals surface area contributed by atoms with Gasteiger partial charge < -0.3 is 9.73 Å². The number of carbonyl (C=O) groups excluding carboxylic acids is 1. The smallest absolute Gasteiger partial charge is 0.251 e. The van der Waals surface area contributed by atoms with Crippen molar-refractivity contribution in [2.24, 2.45) is 0 Å². The van der Waals surface area contributed by atoms with Gasteiger partial charge >= 0.3 is 0 Å². The number of likely N-dealkylation sites (tertiary alicyclic amines) is 1. The summed E-state index contributed by atoms with van der Waals surface area (Å²) < 4.78 is 33.1. The summed E-state index contributed by atoms with van der Waals surface area (Å²) in [6.45, 7) is 3.45. The third kappa shape index (κ3) is 5.19. The van der Waals surface area contributed by atoms with Crippen molar-refractivity contribution in [2.75, 3.05) is 32.7 Å². The Kier molecular flexibility index (Phi) is 7.09. The van der Waals surface area contributed by atoms with E-state index in [1.165, 1.54) is 16.8 Å². The first-order valence-electron chi connectivity index (χ1n) is 11.2. The summed E-state index contributed by atoms with van der Waals surface area (Å²) >= 11 is 0. The van der Waals surface area contributed by atoms with Gasteiger partial charge in [-0.05, 0) is 69.1 Å². The van der Waals surface area contributed by atoms with Gasteiger partial charge in [0.15, 0.2) is 0 Å². The molecule has 0 bridgehead atoms. The number of carbonyl (C=O) groups is 1. The predicted octanol–water partition coefficient (Wildman–Crippen LogP) is 3.41. The Morgan fingerprint density at radius 3 is 2.35 bits per heavy atom. The second-order valence-electron chi connectivity index (χ2n) is 8.33. The van der Waals surface area contributed by atoms with E-state index in [0.29, 0.717) is 25.2 Å². The molecule has 2 fully saturated rings. The molecule has 2 aliphatic heterocycles. The normalized spacial score (nSPS) is 19.7. The monoisotopic (exact) mass is 445 g/mol. The Hall–Kier alpha value is -2.16. The van der Waals surface area contributed by atoms with Gasteiger partial charge in [-0.1, -0.05) is 18.9 Å². The van der Waals surface area contributed by atoms with Crippen LogP contribution in [0.5, 0.6) is 0 Å². The predicted molar refractivity (Wildman–Crippen MR) is 118 cm³/mol. The number of nitrogens with zero attached hydrogens (tertiary/aromatic N) is 2. The van der Waals surface area contributed by atoms with Gasteiger partial charge in [0.1, 0.15) is 5.76 Å². The summed E-state index contributed by atoms with van der Waals surface area (Å²) in [5, 5.41) is 2.99. The number of sulfonamides is 1. The van der Waals surface area contributed by atoms with Gasteiger partial charge in [0.05, 0.1) is 17.2 Å².